The molecular formula is C30H38N2O5. The van der Waals surface area contributed by atoms with Crippen LogP contribution in [-0.2, 0) is 16.0 Å². The molecule has 0 unspecified atom stereocenters. The van der Waals surface area contributed by atoms with Gasteiger partial charge in [0.1, 0.15) is 23.4 Å². The second kappa shape index (κ2) is 11.8. The molecule has 1 fully saturated rings. The highest BCUT2D eigenvalue weighted by Gasteiger charge is 2.46. The minimum absolute atomic E-state index is 0.0646. The van der Waals surface area contributed by atoms with Gasteiger partial charge < -0.3 is 24.4 Å². The molecule has 198 valence electrons. The summed E-state index contributed by atoms with van der Waals surface area (Å²) in [6.07, 6.45) is 4.67. The van der Waals surface area contributed by atoms with Crippen LogP contribution in [0, 0.1) is 0 Å². The Morgan fingerprint density at radius 1 is 1.14 bits per heavy atom. The first kappa shape index (κ1) is 26.7. The van der Waals surface area contributed by atoms with Crippen LogP contribution in [0.2, 0.25) is 0 Å². The fourth-order valence-electron chi connectivity index (χ4n) is 5.06. The Labute approximate surface area is 219 Å². The highest BCUT2D eigenvalue weighted by Crippen LogP contribution is 2.41. The number of benzene rings is 2. The lowest BCUT2D eigenvalue weighted by atomic mass is 9.94. The molecule has 2 heterocycles. The van der Waals surface area contributed by atoms with Crippen molar-refractivity contribution in [3.63, 3.8) is 0 Å². The fourth-order valence-corrected chi connectivity index (χ4v) is 5.06. The van der Waals surface area contributed by atoms with Gasteiger partial charge >= 0.3 is 0 Å². The first-order chi connectivity index (χ1) is 17.8. The van der Waals surface area contributed by atoms with Gasteiger partial charge in [-0.15, -0.1) is 0 Å². The van der Waals surface area contributed by atoms with Crippen LogP contribution in [0.4, 0.5) is 0 Å². The van der Waals surface area contributed by atoms with E-state index >= 15 is 0 Å². The molecule has 0 bridgehead atoms. The standard InChI is InChI=1S/C30H38N2O5/c1-5-6-7-16-36-24-11-8-10-21(19-24)27-26(29(34)30(35)32(27)15-9-14-31(3)4)28(33)22-12-13-25-23(18-22)17-20(2)37-25/h8,10-13,18-20,27,33H,5-7,9,14-17H2,1-4H3/t20-,27+/m0/s1. The van der Waals surface area contributed by atoms with Gasteiger partial charge in [-0.05, 0) is 81.9 Å². The number of rotatable bonds is 11. The Bertz CT molecular complexity index is 1170. The number of aliphatic hydroxyl groups is 1. The van der Waals surface area contributed by atoms with Gasteiger partial charge in [-0.3, -0.25) is 9.59 Å². The maximum absolute atomic E-state index is 13.4. The van der Waals surface area contributed by atoms with Crippen molar-refractivity contribution in [2.75, 3.05) is 33.8 Å². The summed E-state index contributed by atoms with van der Waals surface area (Å²) in [5.41, 5.74) is 2.36. The van der Waals surface area contributed by atoms with Crippen molar-refractivity contribution >= 4 is 17.4 Å². The molecule has 0 spiro atoms. The topological polar surface area (TPSA) is 79.3 Å². The largest absolute Gasteiger partial charge is 0.507 e. The van der Waals surface area contributed by atoms with Gasteiger partial charge in [-0.2, -0.15) is 0 Å². The maximum Gasteiger partial charge on any atom is 0.295 e. The normalized spacial score (nSPS) is 20.4. The van der Waals surface area contributed by atoms with E-state index in [1.807, 2.05) is 62.3 Å². The quantitative estimate of drug-likeness (QED) is 0.201. The van der Waals surface area contributed by atoms with Crippen LogP contribution in [0.15, 0.2) is 48.0 Å². The van der Waals surface area contributed by atoms with Crippen molar-refractivity contribution in [1.82, 2.24) is 9.80 Å². The van der Waals surface area contributed by atoms with Crippen LogP contribution < -0.4 is 9.47 Å². The predicted octanol–water partition coefficient (Wildman–Crippen LogP) is 4.95. The van der Waals surface area contributed by atoms with Crippen LogP contribution in [0.3, 0.4) is 0 Å². The third-order valence-corrected chi connectivity index (χ3v) is 6.90. The molecular weight excluding hydrogens is 468 g/mol. The SMILES string of the molecule is CCCCCOc1cccc([C@@H]2C(=C(O)c3ccc4c(c3)C[C@H](C)O4)C(=O)C(=O)N2CCCN(C)C)c1. The number of amides is 1. The number of carbonyl (C=O) groups excluding carboxylic acids is 2. The molecule has 0 aromatic heterocycles. The molecule has 2 aromatic carbocycles. The Morgan fingerprint density at radius 2 is 1.95 bits per heavy atom. The second-order valence-electron chi connectivity index (χ2n) is 10.2. The lowest BCUT2D eigenvalue weighted by molar-refractivity contribution is -0.139. The first-order valence-corrected chi connectivity index (χ1v) is 13.3. The molecule has 0 aliphatic carbocycles. The number of Topliss-reactive ketones (excluding diaryl/α,β-unsaturated/α-hetero) is 1. The van der Waals surface area contributed by atoms with Gasteiger partial charge in [0.15, 0.2) is 0 Å². The monoisotopic (exact) mass is 506 g/mol. The highest BCUT2D eigenvalue weighted by molar-refractivity contribution is 6.46. The van der Waals surface area contributed by atoms with Crippen molar-refractivity contribution in [3.05, 3.63) is 64.7 Å². The van der Waals surface area contributed by atoms with Gasteiger partial charge in [-0.1, -0.05) is 31.9 Å². The summed E-state index contributed by atoms with van der Waals surface area (Å²) < 4.78 is 11.8. The van der Waals surface area contributed by atoms with E-state index in [0.717, 1.165) is 49.1 Å². The van der Waals surface area contributed by atoms with Crippen molar-refractivity contribution in [3.8, 4) is 11.5 Å². The summed E-state index contributed by atoms with van der Waals surface area (Å²) in [5.74, 6) is 0.0771. The summed E-state index contributed by atoms with van der Waals surface area (Å²) >= 11 is 0. The number of ketones is 1. The fraction of sp³-hybridized carbons (Fsp3) is 0.467. The van der Waals surface area contributed by atoms with E-state index in [-0.39, 0.29) is 17.4 Å². The summed E-state index contributed by atoms with van der Waals surface area (Å²) in [6, 6.07) is 12.3. The molecule has 0 radical (unpaired) electrons. The zero-order chi connectivity index (χ0) is 26.5. The van der Waals surface area contributed by atoms with E-state index in [9.17, 15) is 14.7 Å². The molecule has 37 heavy (non-hydrogen) atoms. The van der Waals surface area contributed by atoms with Gasteiger partial charge in [0.05, 0.1) is 18.2 Å². The summed E-state index contributed by atoms with van der Waals surface area (Å²) in [6.45, 7) is 5.93. The molecule has 2 atom stereocenters. The lowest BCUT2D eigenvalue weighted by Crippen LogP contribution is -2.32. The van der Waals surface area contributed by atoms with Crippen LogP contribution >= 0.6 is 0 Å². The average molecular weight is 507 g/mol. The first-order valence-electron chi connectivity index (χ1n) is 13.3. The molecule has 7 nitrogen and oxygen atoms in total. The molecule has 4 rings (SSSR count). The molecule has 1 saturated heterocycles. The number of likely N-dealkylation sites (tertiary alicyclic amines) is 1. The Balaban J connectivity index is 1.72. The molecule has 1 N–H and O–H groups in total. The molecule has 2 aliphatic rings. The highest BCUT2D eigenvalue weighted by atomic mass is 16.5. The number of unbranched alkanes of at least 4 members (excludes halogenated alkanes) is 2. The zero-order valence-electron chi connectivity index (χ0n) is 22.3. The molecule has 0 saturated carbocycles. The van der Waals surface area contributed by atoms with Gasteiger partial charge in [-0.25, -0.2) is 0 Å². The zero-order valence-corrected chi connectivity index (χ0v) is 22.3. The van der Waals surface area contributed by atoms with Crippen LogP contribution in [0.5, 0.6) is 11.5 Å². The number of hydrogen-bond donors (Lipinski definition) is 1. The lowest BCUT2D eigenvalue weighted by Gasteiger charge is -2.26. The maximum atomic E-state index is 13.4. The summed E-state index contributed by atoms with van der Waals surface area (Å²) in [5, 5.41) is 11.4. The van der Waals surface area contributed by atoms with Gasteiger partial charge in [0.2, 0.25) is 0 Å². The molecule has 2 aromatic rings. The third kappa shape index (κ3) is 5.99. The number of fused-ring (bicyclic) bond motifs is 1. The Hall–Kier alpha value is -3.32. The number of hydrogen-bond acceptors (Lipinski definition) is 6. The van der Waals surface area contributed by atoms with Crippen molar-refractivity contribution in [2.24, 2.45) is 0 Å². The summed E-state index contributed by atoms with van der Waals surface area (Å²) in [4.78, 5) is 30.2. The predicted molar refractivity (Wildman–Crippen MR) is 144 cm³/mol. The van der Waals surface area contributed by atoms with Crippen LogP contribution in [0.25, 0.3) is 5.76 Å². The van der Waals surface area contributed by atoms with E-state index in [2.05, 4.69) is 6.92 Å². The smallest absolute Gasteiger partial charge is 0.295 e. The Kier molecular flexibility index (Phi) is 8.54. The summed E-state index contributed by atoms with van der Waals surface area (Å²) in [7, 11) is 3.95. The van der Waals surface area contributed by atoms with Crippen molar-refractivity contribution < 1.29 is 24.2 Å². The van der Waals surface area contributed by atoms with Crippen molar-refractivity contribution in [2.45, 2.75) is 58.1 Å². The van der Waals surface area contributed by atoms with Gasteiger partial charge in [0, 0.05) is 18.5 Å². The van der Waals surface area contributed by atoms with E-state index in [0.29, 0.717) is 30.9 Å². The third-order valence-electron chi connectivity index (χ3n) is 6.90. The molecule has 2 aliphatic heterocycles. The van der Waals surface area contributed by atoms with Gasteiger partial charge in [0.25, 0.3) is 11.7 Å². The number of aliphatic hydroxyl groups excluding tert-OH is 1. The van der Waals surface area contributed by atoms with E-state index in [1.54, 1.807) is 11.0 Å². The Morgan fingerprint density at radius 3 is 2.70 bits per heavy atom. The average Bonchev–Trinajstić information content (AvgIpc) is 3.37. The number of carbonyl (C=O) groups is 2. The van der Waals surface area contributed by atoms with E-state index in [1.165, 1.54) is 0 Å². The van der Waals surface area contributed by atoms with Crippen LogP contribution in [0.1, 0.15) is 62.3 Å². The second-order valence-corrected chi connectivity index (χ2v) is 10.2. The molecule has 7 heteroatoms. The minimum Gasteiger partial charge on any atom is -0.507 e. The van der Waals surface area contributed by atoms with Crippen molar-refractivity contribution in [1.29, 1.82) is 0 Å². The number of ether oxygens (including phenoxy) is 2. The number of nitrogens with zero attached hydrogens (tertiary/aromatic N) is 2. The minimum atomic E-state index is -0.690. The molecule has 1 amide bonds. The van der Waals surface area contributed by atoms with E-state index in [4.69, 9.17) is 9.47 Å². The van der Waals surface area contributed by atoms with E-state index < -0.39 is 17.7 Å². The van der Waals surface area contributed by atoms with Crippen LogP contribution in [-0.4, -0.2) is 66.5 Å².